The lowest BCUT2D eigenvalue weighted by Crippen LogP contribution is -1.96. The quantitative estimate of drug-likeness (QED) is 0.606. The van der Waals surface area contributed by atoms with Crippen LogP contribution in [0.15, 0.2) is 29.8 Å². The van der Waals surface area contributed by atoms with Crippen molar-refractivity contribution in [3.8, 4) is 0 Å². The Balaban J connectivity index is 2.95. The Labute approximate surface area is 96.9 Å². The van der Waals surface area contributed by atoms with Crippen molar-refractivity contribution in [2.45, 2.75) is 6.92 Å². The Hall–Kier alpha value is -0.600. The maximum absolute atomic E-state index is 11.1. The lowest BCUT2D eigenvalue weighted by molar-refractivity contribution is -0.113. The monoisotopic (exact) mass is 272 g/mol. The van der Waals surface area contributed by atoms with Crippen LogP contribution in [0.3, 0.4) is 0 Å². The molecule has 0 amide bonds. The summed E-state index contributed by atoms with van der Waals surface area (Å²) in [6, 6.07) is 7.38. The van der Waals surface area contributed by atoms with Gasteiger partial charge in [0.25, 0.3) is 0 Å². The molecule has 0 radical (unpaired) electrons. The molecule has 1 aromatic rings. The molecule has 0 bridgehead atoms. The molecule has 0 aromatic heterocycles. The van der Waals surface area contributed by atoms with E-state index >= 15 is 0 Å². The van der Waals surface area contributed by atoms with E-state index in [9.17, 15) is 4.79 Å². The molecule has 0 aliphatic heterocycles. The van der Waals surface area contributed by atoms with Gasteiger partial charge in [0.2, 0.25) is 0 Å². The number of hydrogen-bond acceptors (Lipinski definition) is 1. The highest BCUT2D eigenvalue weighted by molar-refractivity contribution is 9.09. The summed E-state index contributed by atoms with van der Waals surface area (Å²) in [5.41, 5.74) is 1.74. The van der Waals surface area contributed by atoms with E-state index < -0.39 is 0 Å². The van der Waals surface area contributed by atoms with Gasteiger partial charge in [0.05, 0.1) is 0 Å². The lowest BCUT2D eigenvalue weighted by atomic mass is 10.1. The number of ketones is 1. The van der Waals surface area contributed by atoms with Crippen LogP contribution in [0.1, 0.15) is 12.5 Å². The molecule has 0 saturated heterocycles. The van der Waals surface area contributed by atoms with Gasteiger partial charge < -0.3 is 0 Å². The third-order valence-electron chi connectivity index (χ3n) is 1.81. The Kier molecular flexibility index (Phi) is 4.36. The van der Waals surface area contributed by atoms with Gasteiger partial charge in [-0.2, -0.15) is 0 Å². The highest BCUT2D eigenvalue weighted by Crippen LogP contribution is 2.13. The fraction of sp³-hybridized carbons (Fsp3) is 0.182. The topological polar surface area (TPSA) is 17.1 Å². The Bertz CT molecular complexity index is 354. The van der Waals surface area contributed by atoms with E-state index in [-0.39, 0.29) is 5.78 Å². The Morgan fingerprint density at radius 1 is 1.43 bits per heavy atom. The minimum absolute atomic E-state index is 0.0804. The molecular formula is C11H10BrClO. The third-order valence-corrected chi connectivity index (χ3v) is 2.66. The van der Waals surface area contributed by atoms with E-state index in [0.29, 0.717) is 10.4 Å². The second kappa shape index (κ2) is 5.32. The molecule has 0 spiro atoms. The van der Waals surface area contributed by atoms with Gasteiger partial charge in [0, 0.05) is 15.9 Å². The average molecular weight is 274 g/mol. The molecule has 74 valence electrons. The standard InChI is InChI=1S/C11H10BrClO/c1-8(14)10(7-12)6-9-2-4-11(13)5-3-9/h2-6H,7H2,1H3/b10-6+. The number of alkyl halides is 1. The van der Waals surface area contributed by atoms with Crippen molar-refractivity contribution < 1.29 is 4.79 Å². The molecule has 3 heteroatoms. The molecular weight excluding hydrogens is 263 g/mol. The van der Waals surface area contributed by atoms with E-state index in [1.54, 1.807) is 19.1 Å². The second-order valence-electron chi connectivity index (χ2n) is 2.91. The largest absolute Gasteiger partial charge is 0.295 e. The molecule has 0 aliphatic carbocycles. The number of Topliss-reactive ketones (excluding diaryl/α,β-unsaturated/α-hetero) is 1. The smallest absolute Gasteiger partial charge is 0.156 e. The summed E-state index contributed by atoms with van der Waals surface area (Å²) < 4.78 is 0. The molecule has 0 heterocycles. The Morgan fingerprint density at radius 3 is 2.43 bits per heavy atom. The minimum Gasteiger partial charge on any atom is -0.295 e. The van der Waals surface area contributed by atoms with Crippen LogP contribution in [0.25, 0.3) is 6.08 Å². The molecule has 0 atom stereocenters. The van der Waals surface area contributed by atoms with Crippen molar-refractivity contribution in [2.24, 2.45) is 0 Å². The number of hydrogen-bond donors (Lipinski definition) is 0. The fourth-order valence-corrected chi connectivity index (χ4v) is 1.68. The van der Waals surface area contributed by atoms with Gasteiger partial charge in [-0.1, -0.05) is 39.7 Å². The predicted octanol–water partition coefficient (Wildman–Crippen LogP) is 3.71. The van der Waals surface area contributed by atoms with Crippen molar-refractivity contribution in [1.82, 2.24) is 0 Å². The van der Waals surface area contributed by atoms with Gasteiger partial charge in [0.1, 0.15) is 0 Å². The summed E-state index contributed by atoms with van der Waals surface area (Å²) in [5, 5.41) is 1.27. The van der Waals surface area contributed by atoms with Crippen LogP contribution in [-0.2, 0) is 4.79 Å². The Morgan fingerprint density at radius 2 is 2.00 bits per heavy atom. The molecule has 0 N–H and O–H groups in total. The van der Waals surface area contributed by atoms with Crippen molar-refractivity contribution in [3.05, 3.63) is 40.4 Å². The zero-order chi connectivity index (χ0) is 10.6. The van der Waals surface area contributed by atoms with E-state index in [1.165, 1.54) is 0 Å². The predicted molar refractivity (Wildman–Crippen MR) is 63.9 cm³/mol. The first-order valence-electron chi connectivity index (χ1n) is 4.16. The molecule has 0 unspecified atom stereocenters. The van der Waals surface area contributed by atoms with Gasteiger partial charge in [-0.25, -0.2) is 0 Å². The molecule has 1 aromatic carbocycles. The first kappa shape index (κ1) is 11.5. The SMILES string of the molecule is CC(=O)/C(=C/c1ccc(Cl)cc1)CBr. The summed E-state index contributed by atoms with van der Waals surface area (Å²) in [7, 11) is 0. The second-order valence-corrected chi connectivity index (χ2v) is 3.91. The highest BCUT2D eigenvalue weighted by atomic mass is 79.9. The minimum atomic E-state index is 0.0804. The number of allylic oxidation sites excluding steroid dienone is 1. The first-order valence-corrected chi connectivity index (χ1v) is 5.66. The maximum Gasteiger partial charge on any atom is 0.156 e. The summed E-state index contributed by atoms with van der Waals surface area (Å²) in [5.74, 6) is 0.0804. The van der Waals surface area contributed by atoms with Gasteiger partial charge in [-0.05, 0) is 30.7 Å². The summed E-state index contributed by atoms with van der Waals surface area (Å²) in [4.78, 5) is 11.1. The van der Waals surface area contributed by atoms with E-state index in [0.717, 1.165) is 11.1 Å². The number of carbonyl (C=O) groups is 1. The van der Waals surface area contributed by atoms with Crippen molar-refractivity contribution in [1.29, 1.82) is 0 Å². The van der Waals surface area contributed by atoms with E-state index in [1.807, 2.05) is 18.2 Å². The molecule has 1 nitrogen and oxygen atoms in total. The van der Waals surface area contributed by atoms with Gasteiger partial charge in [-0.15, -0.1) is 0 Å². The fourth-order valence-electron chi connectivity index (χ4n) is 0.994. The van der Waals surface area contributed by atoms with E-state index in [2.05, 4.69) is 15.9 Å². The van der Waals surface area contributed by atoms with Crippen LogP contribution in [0.5, 0.6) is 0 Å². The van der Waals surface area contributed by atoms with Crippen LogP contribution in [0.2, 0.25) is 5.02 Å². The van der Waals surface area contributed by atoms with E-state index in [4.69, 9.17) is 11.6 Å². The van der Waals surface area contributed by atoms with Crippen LogP contribution >= 0.6 is 27.5 Å². The van der Waals surface area contributed by atoms with Gasteiger partial charge >= 0.3 is 0 Å². The van der Waals surface area contributed by atoms with Crippen LogP contribution in [0, 0.1) is 0 Å². The molecule has 14 heavy (non-hydrogen) atoms. The third kappa shape index (κ3) is 3.28. The summed E-state index contributed by atoms with van der Waals surface area (Å²) >= 11 is 9.02. The van der Waals surface area contributed by atoms with Gasteiger partial charge in [0.15, 0.2) is 5.78 Å². The first-order chi connectivity index (χ1) is 6.63. The number of carbonyl (C=O) groups excluding carboxylic acids is 1. The summed E-state index contributed by atoms with van der Waals surface area (Å²) in [6.07, 6.45) is 1.85. The molecule has 0 aliphatic rings. The number of benzene rings is 1. The summed E-state index contributed by atoms with van der Waals surface area (Å²) in [6.45, 7) is 1.56. The maximum atomic E-state index is 11.1. The zero-order valence-corrected chi connectivity index (χ0v) is 10.1. The van der Waals surface area contributed by atoms with Gasteiger partial charge in [-0.3, -0.25) is 4.79 Å². The zero-order valence-electron chi connectivity index (χ0n) is 7.76. The van der Waals surface area contributed by atoms with Crippen molar-refractivity contribution in [2.75, 3.05) is 5.33 Å². The molecule has 1 rings (SSSR count). The molecule has 0 fully saturated rings. The van der Waals surface area contributed by atoms with Crippen LogP contribution < -0.4 is 0 Å². The highest BCUT2D eigenvalue weighted by Gasteiger charge is 2.01. The van der Waals surface area contributed by atoms with Crippen LogP contribution in [0.4, 0.5) is 0 Å². The van der Waals surface area contributed by atoms with Crippen molar-refractivity contribution in [3.63, 3.8) is 0 Å². The lowest BCUT2D eigenvalue weighted by Gasteiger charge is -1.98. The normalized spacial score (nSPS) is 11.5. The average Bonchev–Trinajstić information content (AvgIpc) is 2.16. The number of rotatable bonds is 3. The number of halogens is 2. The van der Waals surface area contributed by atoms with Crippen molar-refractivity contribution >= 4 is 39.4 Å². The molecule has 0 saturated carbocycles. The van der Waals surface area contributed by atoms with Crippen LogP contribution in [-0.4, -0.2) is 11.1 Å².